The molecule has 1 heteroatoms. The molecule has 1 fully saturated rings. The molecule has 50 heavy (non-hydrogen) atoms. The van der Waals surface area contributed by atoms with Crippen molar-refractivity contribution in [2.45, 2.75) is 89.6 Å². The Kier molecular flexibility index (Phi) is 8.11. The minimum absolute atomic E-state index is 0.0988. The second kappa shape index (κ2) is 12.8. The van der Waals surface area contributed by atoms with Crippen molar-refractivity contribution in [2.24, 2.45) is 29.6 Å². The van der Waals surface area contributed by atoms with Gasteiger partial charge in [-0.2, -0.15) is 0 Å². The molecule has 8 atom stereocenters. The fraction of sp³-hybridized carbons (Fsp3) is 0.388. The number of hydrogen-bond acceptors (Lipinski definition) is 1. The smallest absolute Gasteiger partial charge is 0.0578 e. The van der Waals surface area contributed by atoms with Gasteiger partial charge in [0, 0.05) is 29.4 Å². The van der Waals surface area contributed by atoms with Gasteiger partial charge in [-0.05, 0) is 102 Å². The number of hydrogen-bond donors (Lipinski definition) is 0. The Hall–Kier alpha value is -4.28. The molecule has 9 rings (SSSR count). The molecule has 1 nitrogen and oxygen atoms in total. The van der Waals surface area contributed by atoms with Crippen molar-refractivity contribution in [3.8, 4) is 11.8 Å². The van der Waals surface area contributed by atoms with E-state index in [0.29, 0.717) is 41.7 Å². The Labute approximate surface area is 300 Å². The summed E-state index contributed by atoms with van der Waals surface area (Å²) in [7, 11) is 0. The van der Waals surface area contributed by atoms with Crippen LogP contribution in [0.4, 0.5) is 0 Å². The Morgan fingerprint density at radius 2 is 1.80 bits per heavy atom. The molecule has 1 aromatic rings. The molecule has 8 aliphatic rings. The van der Waals surface area contributed by atoms with E-state index < -0.39 is 0 Å². The topological polar surface area (TPSA) is 3.24 Å². The van der Waals surface area contributed by atoms with Crippen LogP contribution in [0.5, 0.6) is 0 Å². The lowest BCUT2D eigenvalue weighted by Gasteiger charge is -2.44. The molecule has 1 saturated carbocycles. The van der Waals surface area contributed by atoms with Gasteiger partial charge in [0.2, 0.25) is 0 Å². The summed E-state index contributed by atoms with van der Waals surface area (Å²) >= 11 is 0. The van der Waals surface area contributed by atoms with E-state index in [1.165, 1.54) is 16.7 Å². The minimum atomic E-state index is -0.0988. The zero-order chi connectivity index (χ0) is 33.8. The summed E-state index contributed by atoms with van der Waals surface area (Å²) in [5.41, 5.74) is 14.0. The Balaban J connectivity index is 1.16. The molecule has 1 aromatic carbocycles. The van der Waals surface area contributed by atoms with Crippen molar-refractivity contribution in [1.82, 2.24) is 4.90 Å². The van der Waals surface area contributed by atoms with Crippen molar-refractivity contribution in [3.63, 3.8) is 0 Å². The monoisotopic (exact) mass is 653 g/mol. The molecule has 1 aliphatic heterocycles. The van der Waals surface area contributed by atoms with Gasteiger partial charge in [0.15, 0.2) is 0 Å². The summed E-state index contributed by atoms with van der Waals surface area (Å²) in [4.78, 5) is 2.91. The van der Waals surface area contributed by atoms with Gasteiger partial charge < -0.3 is 4.90 Å². The third-order valence-corrected chi connectivity index (χ3v) is 13.5. The summed E-state index contributed by atoms with van der Waals surface area (Å²) in [5.74, 6) is 8.96. The highest BCUT2D eigenvalue weighted by molar-refractivity contribution is 5.61. The van der Waals surface area contributed by atoms with Crippen molar-refractivity contribution in [3.05, 3.63) is 166 Å². The lowest BCUT2D eigenvalue weighted by atomic mass is 9.61. The zero-order valence-corrected chi connectivity index (χ0v) is 30.1. The fourth-order valence-corrected chi connectivity index (χ4v) is 11.3. The van der Waals surface area contributed by atoms with Crippen LogP contribution in [-0.2, 0) is 5.41 Å². The third kappa shape index (κ3) is 4.82. The molecule has 252 valence electrons. The van der Waals surface area contributed by atoms with Gasteiger partial charge >= 0.3 is 0 Å². The predicted octanol–water partition coefficient (Wildman–Crippen LogP) is 11.4. The number of rotatable bonds is 6. The van der Waals surface area contributed by atoms with Crippen molar-refractivity contribution >= 4 is 0 Å². The van der Waals surface area contributed by atoms with Crippen LogP contribution in [0.15, 0.2) is 160 Å². The second-order valence-electron chi connectivity index (χ2n) is 15.9. The first-order valence-electron chi connectivity index (χ1n) is 19.6. The maximum Gasteiger partial charge on any atom is 0.0578 e. The van der Waals surface area contributed by atoms with Crippen LogP contribution >= 0.6 is 0 Å². The van der Waals surface area contributed by atoms with E-state index in [1.807, 2.05) is 0 Å². The highest BCUT2D eigenvalue weighted by atomic mass is 15.2. The highest BCUT2D eigenvalue weighted by Gasteiger charge is 2.59. The molecule has 0 amide bonds. The van der Waals surface area contributed by atoms with E-state index >= 15 is 0 Å². The molecular formula is C49H51N. The molecule has 0 radical (unpaired) electrons. The molecule has 7 aliphatic carbocycles. The van der Waals surface area contributed by atoms with E-state index in [0.717, 1.165) is 51.4 Å². The maximum absolute atomic E-state index is 3.29. The normalized spacial score (nSPS) is 35.2. The van der Waals surface area contributed by atoms with Crippen LogP contribution in [0.2, 0.25) is 0 Å². The molecule has 0 spiro atoms. The van der Waals surface area contributed by atoms with Gasteiger partial charge in [0.1, 0.15) is 0 Å². The third-order valence-electron chi connectivity index (χ3n) is 13.5. The Morgan fingerprint density at radius 3 is 2.58 bits per heavy atom. The largest absolute Gasteiger partial charge is 0.360 e. The van der Waals surface area contributed by atoms with Gasteiger partial charge in [0.05, 0.1) is 12.1 Å². The van der Waals surface area contributed by atoms with Crippen LogP contribution in [-0.4, -0.2) is 17.0 Å². The SMILES string of the molecule is CCC1=C(C2C(C)C3=C(CCC=C3)N2C2C=CC(C3=CC#CCC3C)=CC2)CC2C(=C1)C(C1=CC=CCC1)(c1ccccc1)C1C=CC=CC21. The number of nitrogens with zero attached hydrogens (tertiary/aromatic N) is 1. The molecule has 0 N–H and O–H groups in total. The number of benzene rings is 1. The van der Waals surface area contributed by atoms with Gasteiger partial charge in [0.25, 0.3) is 0 Å². The van der Waals surface area contributed by atoms with Crippen LogP contribution in [0.1, 0.15) is 77.7 Å². The first-order chi connectivity index (χ1) is 24.6. The quantitative estimate of drug-likeness (QED) is 0.276. The fourth-order valence-electron chi connectivity index (χ4n) is 11.3. The van der Waals surface area contributed by atoms with Gasteiger partial charge in [-0.25, -0.2) is 0 Å². The van der Waals surface area contributed by atoms with Crippen LogP contribution in [0.3, 0.4) is 0 Å². The lowest BCUT2D eigenvalue weighted by molar-refractivity contribution is 0.219. The summed E-state index contributed by atoms with van der Waals surface area (Å²) in [6.45, 7) is 7.27. The van der Waals surface area contributed by atoms with Crippen LogP contribution < -0.4 is 0 Å². The van der Waals surface area contributed by atoms with Gasteiger partial charge in [-0.15, -0.1) is 0 Å². The van der Waals surface area contributed by atoms with Crippen LogP contribution in [0.25, 0.3) is 0 Å². The molecule has 1 heterocycles. The van der Waals surface area contributed by atoms with E-state index in [1.54, 1.807) is 33.6 Å². The highest BCUT2D eigenvalue weighted by Crippen LogP contribution is 2.65. The molecule has 0 aromatic heterocycles. The Bertz CT molecular complexity index is 1980. The first-order valence-corrected chi connectivity index (χ1v) is 19.6. The zero-order valence-electron chi connectivity index (χ0n) is 30.1. The summed E-state index contributed by atoms with van der Waals surface area (Å²) in [6.07, 6.45) is 43.1. The maximum atomic E-state index is 3.29. The van der Waals surface area contributed by atoms with Crippen molar-refractivity contribution in [1.29, 1.82) is 0 Å². The first kappa shape index (κ1) is 31.7. The minimum Gasteiger partial charge on any atom is -0.360 e. The average molecular weight is 654 g/mol. The summed E-state index contributed by atoms with van der Waals surface area (Å²) in [5, 5.41) is 0. The summed E-state index contributed by atoms with van der Waals surface area (Å²) in [6, 6.07) is 12.3. The van der Waals surface area contributed by atoms with E-state index in [9.17, 15) is 0 Å². The lowest BCUT2D eigenvalue weighted by Crippen LogP contribution is -2.43. The van der Waals surface area contributed by atoms with E-state index in [-0.39, 0.29) is 5.41 Å². The van der Waals surface area contributed by atoms with Crippen molar-refractivity contribution in [2.75, 3.05) is 0 Å². The molecule has 8 unspecified atom stereocenters. The van der Waals surface area contributed by atoms with Gasteiger partial charge in [-0.1, -0.05) is 153 Å². The van der Waals surface area contributed by atoms with E-state index in [4.69, 9.17) is 0 Å². The second-order valence-corrected chi connectivity index (χ2v) is 15.9. The average Bonchev–Trinajstić information content (AvgIpc) is 3.64. The standard InChI is InChI=1S/C49H51N/c1-4-35-31-46-44(42-24-13-15-25-45(42)49(46,37-18-7-5-8-19-37)38-20-9-6-10-21-38)32-43(35)48-34(3)41-23-14-16-26-47(41)50(48)39-29-27-36(28-30-39)40-22-12-11-17-33(40)2/h5-9,13-15,18-20,22-25,27-29,31,33-34,39,42,44-45,48H,4,10,16-17,21,26,30,32H2,1-3H3. The number of fused-ring (bicyclic) bond motifs is 3. The Morgan fingerprint density at radius 1 is 0.940 bits per heavy atom. The number of allylic oxidation sites excluding steroid dienone is 18. The molecule has 0 saturated heterocycles. The van der Waals surface area contributed by atoms with E-state index in [2.05, 4.69) is 153 Å². The van der Waals surface area contributed by atoms with Crippen LogP contribution in [0, 0.1) is 41.4 Å². The molecule has 0 bridgehead atoms. The van der Waals surface area contributed by atoms with Crippen molar-refractivity contribution < 1.29 is 0 Å². The molecular weight excluding hydrogens is 603 g/mol. The summed E-state index contributed by atoms with van der Waals surface area (Å²) < 4.78 is 0. The van der Waals surface area contributed by atoms with Gasteiger partial charge in [-0.3, -0.25) is 0 Å². The predicted molar refractivity (Wildman–Crippen MR) is 209 cm³/mol.